The van der Waals surface area contributed by atoms with Gasteiger partial charge < -0.3 is 5.73 Å². The highest BCUT2D eigenvalue weighted by molar-refractivity contribution is 7.99. The Labute approximate surface area is 111 Å². The van der Waals surface area contributed by atoms with Gasteiger partial charge in [-0.25, -0.2) is 9.97 Å². The molecule has 0 bridgehead atoms. The summed E-state index contributed by atoms with van der Waals surface area (Å²) in [5, 5.41) is 0.736. The number of nitrogens with two attached hydrogens (primary N) is 1. The van der Waals surface area contributed by atoms with Crippen molar-refractivity contribution in [2.75, 3.05) is 0 Å². The van der Waals surface area contributed by atoms with Gasteiger partial charge in [0, 0.05) is 40.8 Å². The fourth-order valence-corrected chi connectivity index (χ4v) is 2.68. The molecule has 4 nitrogen and oxygen atoms in total. The number of nitrogens with zero attached hydrogens (tertiary/aromatic N) is 3. The third kappa shape index (κ3) is 2.86. The molecule has 0 unspecified atom stereocenters. The van der Waals surface area contributed by atoms with Gasteiger partial charge in [-0.05, 0) is 44.2 Å². The Morgan fingerprint density at radius 2 is 1.83 bits per heavy atom. The molecule has 0 aliphatic carbocycles. The van der Waals surface area contributed by atoms with Crippen molar-refractivity contribution < 1.29 is 0 Å². The van der Waals surface area contributed by atoms with Crippen LogP contribution in [-0.2, 0) is 6.54 Å². The van der Waals surface area contributed by atoms with Crippen LogP contribution in [0.1, 0.15) is 22.5 Å². The van der Waals surface area contributed by atoms with Gasteiger partial charge in [0.1, 0.15) is 0 Å². The lowest BCUT2D eigenvalue weighted by Gasteiger charge is -2.10. The molecule has 94 valence electrons. The molecule has 2 rings (SSSR count). The largest absolute Gasteiger partial charge is 0.326 e. The molecule has 0 saturated carbocycles. The maximum absolute atomic E-state index is 5.79. The number of hydrogen-bond donors (Lipinski definition) is 1. The van der Waals surface area contributed by atoms with Crippen LogP contribution in [0.4, 0.5) is 0 Å². The summed E-state index contributed by atoms with van der Waals surface area (Å²) in [5.74, 6) is 0. The van der Waals surface area contributed by atoms with Crippen molar-refractivity contribution in [1.82, 2.24) is 15.0 Å². The first-order valence-electron chi connectivity index (χ1n) is 5.74. The van der Waals surface area contributed by atoms with E-state index in [-0.39, 0.29) is 0 Å². The molecule has 0 aromatic carbocycles. The number of pyridine rings is 1. The summed E-state index contributed by atoms with van der Waals surface area (Å²) in [6.45, 7) is 6.41. The van der Waals surface area contributed by atoms with Crippen molar-refractivity contribution in [3.63, 3.8) is 0 Å². The average Bonchev–Trinajstić information content (AvgIpc) is 2.32. The lowest BCUT2D eigenvalue weighted by Crippen LogP contribution is -2.04. The van der Waals surface area contributed by atoms with Crippen molar-refractivity contribution in [1.29, 1.82) is 0 Å². The fourth-order valence-electron chi connectivity index (χ4n) is 1.69. The van der Waals surface area contributed by atoms with Gasteiger partial charge in [0.25, 0.3) is 0 Å². The maximum atomic E-state index is 5.79. The highest BCUT2D eigenvalue weighted by Gasteiger charge is 2.09. The smallest absolute Gasteiger partial charge is 0.192 e. The van der Waals surface area contributed by atoms with Crippen LogP contribution in [0.2, 0.25) is 0 Å². The van der Waals surface area contributed by atoms with Crippen molar-refractivity contribution in [3.8, 4) is 0 Å². The van der Waals surface area contributed by atoms with Gasteiger partial charge >= 0.3 is 0 Å². The van der Waals surface area contributed by atoms with Crippen LogP contribution < -0.4 is 5.73 Å². The summed E-state index contributed by atoms with van der Waals surface area (Å²) in [4.78, 5) is 14.1. The molecular weight excluding hydrogens is 244 g/mol. The van der Waals surface area contributed by atoms with Crippen LogP contribution in [0.25, 0.3) is 0 Å². The minimum Gasteiger partial charge on any atom is -0.326 e. The molecule has 0 fully saturated rings. The van der Waals surface area contributed by atoms with Gasteiger partial charge in [0.05, 0.1) is 0 Å². The molecule has 2 aromatic rings. The zero-order valence-electron chi connectivity index (χ0n) is 10.8. The van der Waals surface area contributed by atoms with Gasteiger partial charge in [-0.1, -0.05) is 0 Å². The molecule has 0 aliphatic heterocycles. The summed E-state index contributed by atoms with van der Waals surface area (Å²) in [6.07, 6.45) is 3.64. The second-order valence-electron chi connectivity index (χ2n) is 4.17. The minimum atomic E-state index is 0.479. The van der Waals surface area contributed by atoms with Crippen LogP contribution >= 0.6 is 11.8 Å². The predicted octanol–water partition coefficient (Wildman–Crippen LogP) is 2.41. The van der Waals surface area contributed by atoms with Gasteiger partial charge in [-0.3, -0.25) is 4.98 Å². The van der Waals surface area contributed by atoms with Gasteiger partial charge in [-0.2, -0.15) is 0 Å². The summed E-state index contributed by atoms with van der Waals surface area (Å²) >= 11 is 1.53. The quantitative estimate of drug-likeness (QED) is 0.858. The molecule has 0 spiro atoms. The summed E-state index contributed by atoms with van der Waals surface area (Å²) in [6, 6.07) is 2.03. The molecule has 0 saturated heterocycles. The fraction of sp³-hybridized carbons (Fsp3) is 0.308. The van der Waals surface area contributed by atoms with E-state index in [1.807, 2.05) is 39.2 Å². The highest BCUT2D eigenvalue weighted by atomic mass is 32.2. The molecule has 0 atom stereocenters. The monoisotopic (exact) mass is 260 g/mol. The average molecular weight is 260 g/mol. The molecule has 0 aliphatic rings. The summed E-state index contributed by atoms with van der Waals surface area (Å²) in [5.41, 5.74) is 9.87. The number of aryl methyl sites for hydroxylation is 3. The lowest BCUT2D eigenvalue weighted by molar-refractivity contribution is 0.926. The third-order valence-corrected chi connectivity index (χ3v) is 3.56. The molecule has 0 radical (unpaired) electrons. The van der Waals surface area contributed by atoms with E-state index in [1.165, 1.54) is 11.8 Å². The molecule has 2 heterocycles. The van der Waals surface area contributed by atoms with Crippen molar-refractivity contribution in [2.24, 2.45) is 5.73 Å². The number of hydrogen-bond acceptors (Lipinski definition) is 5. The van der Waals surface area contributed by atoms with Crippen LogP contribution in [-0.4, -0.2) is 15.0 Å². The molecule has 0 amide bonds. The van der Waals surface area contributed by atoms with Crippen molar-refractivity contribution in [2.45, 2.75) is 37.4 Å². The third-order valence-electron chi connectivity index (χ3n) is 2.58. The topological polar surface area (TPSA) is 64.7 Å². The van der Waals surface area contributed by atoms with E-state index in [9.17, 15) is 0 Å². The molecular formula is C13H16N4S. The molecule has 18 heavy (non-hydrogen) atoms. The molecule has 2 aromatic heterocycles. The zero-order valence-corrected chi connectivity index (χ0v) is 11.6. The van der Waals surface area contributed by atoms with E-state index in [4.69, 9.17) is 5.73 Å². The predicted molar refractivity (Wildman–Crippen MR) is 72.5 cm³/mol. The zero-order chi connectivity index (χ0) is 13.1. The SMILES string of the molecule is Cc1cnc(Sc2cc(C)nc(C)c2CN)nc1. The summed E-state index contributed by atoms with van der Waals surface area (Å²) in [7, 11) is 0. The van der Waals surface area contributed by atoms with Gasteiger partial charge in [-0.15, -0.1) is 0 Å². The van der Waals surface area contributed by atoms with Crippen molar-refractivity contribution in [3.05, 3.63) is 41.0 Å². The second kappa shape index (κ2) is 5.46. The van der Waals surface area contributed by atoms with Crippen LogP contribution in [0.3, 0.4) is 0 Å². The van der Waals surface area contributed by atoms with E-state index in [1.54, 1.807) is 0 Å². The van der Waals surface area contributed by atoms with E-state index >= 15 is 0 Å². The second-order valence-corrected chi connectivity index (χ2v) is 5.18. The first-order chi connectivity index (χ1) is 8.60. The lowest BCUT2D eigenvalue weighted by atomic mass is 10.2. The highest BCUT2D eigenvalue weighted by Crippen LogP contribution is 2.29. The van der Waals surface area contributed by atoms with E-state index < -0.39 is 0 Å². The Kier molecular flexibility index (Phi) is 3.93. The first-order valence-corrected chi connectivity index (χ1v) is 6.55. The van der Waals surface area contributed by atoms with Gasteiger partial charge in [0.2, 0.25) is 0 Å². The Bertz CT molecular complexity index is 552. The Morgan fingerprint density at radius 3 is 2.44 bits per heavy atom. The van der Waals surface area contributed by atoms with Crippen LogP contribution in [0.15, 0.2) is 28.5 Å². The van der Waals surface area contributed by atoms with Crippen LogP contribution in [0.5, 0.6) is 0 Å². The Balaban J connectivity index is 2.36. The maximum Gasteiger partial charge on any atom is 0.192 e. The van der Waals surface area contributed by atoms with E-state index in [0.29, 0.717) is 6.54 Å². The minimum absolute atomic E-state index is 0.479. The van der Waals surface area contributed by atoms with E-state index in [2.05, 4.69) is 15.0 Å². The number of rotatable bonds is 3. The van der Waals surface area contributed by atoms with Gasteiger partial charge in [0.15, 0.2) is 5.16 Å². The standard InChI is InChI=1S/C13H16N4S/c1-8-6-15-13(16-7-8)18-12-4-9(2)17-10(3)11(12)5-14/h4,6-7H,5,14H2,1-3H3. The molecule has 2 N–H and O–H groups in total. The number of aromatic nitrogens is 3. The van der Waals surface area contributed by atoms with Crippen molar-refractivity contribution >= 4 is 11.8 Å². The Morgan fingerprint density at radius 1 is 1.17 bits per heavy atom. The Hall–Kier alpha value is -1.46. The first kappa shape index (κ1) is 13.0. The molecule has 5 heteroatoms. The van der Waals surface area contributed by atoms with E-state index in [0.717, 1.165) is 32.6 Å². The normalized spacial score (nSPS) is 10.7. The summed E-state index contributed by atoms with van der Waals surface area (Å²) < 4.78 is 0. The van der Waals surface area contributed by atoms with Crippen LogP contribution in [0, 0.1) is 20.8 Å².